The highest BCUT2D eigenvalue weighted by Gasteiger charge is 2.30. The number of hydrogen-bond donors (Lipinski definition) is 1. The predicted molar refractivity (Wildman–Crippen MR) is 94.5 cm³/mol. The van der Waals surface area contributed by atoms with Gasteiger partial charge in [-0.25, -0.2) is 0 Å². The highest BCUT2D eigenvalue weighted by atomic mass is 19.4. The van der Waals surface area contributed by atoms with Crippen LogP contribution in [0.2, 0.25) is 5.82 Å². The van der Waals surface area contributed by atoms with E-state index in [1.165, 1.54) is 37.8 Å². The third-order valence-electron chi connectivity index (χ3n) is 4.82. The standard InChI is InChI=1S/C19H27BF3N/c20-16-9-4-2-1-3-5-11-17(12-7-10-16)24-18-13-6-8-15(14-18)19(21,22)23/h6,8,13-14,16-17,24H,1-5,7,9-12H2. The van der Waals surface area contributed by atoms with Crippen molar-refractivity contribution in [3.05, 3.63) is 29.8 Å². The summed E-state index contributed by atoms with van der Waals surface area (Å²) in [6.45, 7) is 0. The van der Waals surface area contributed by atoms with Crippen LogP contribution < -0.4 is 5.32 Å². The molecule has 1 fully saturated rings. The second-order valence-corrected chi connectivity index (χ2v) is 6.96. The lowest BCUT2D eigenvalue weighted by Gasteiger charge is -2.22. The fraction of sp³-hybridized carbons (Fsp3) is 0.684. The molecule has 1 aliphatic rings. The van der Waals surface area contributed by atoms with Crippen molar-refractivity contribution >= 4 is 13.5 Å². The Morgan fingerprint density at radius 1 is 0.875 bits per heavy atom. The van der Waals surface area contributed by atoms with Crippen molar-refractivity contribution in [2.75, 3.05) is 5.32 Å². The third kappa shape index (κ3) is 6.78. The summed E-state index contributed by atoms with van der Waals surface area (Å²) in [7, 11) is 6.14. The first-order chi connectivity index (χ1) is 11.4. The van der Waals surface area contributed by atoms with E-state index in [0.29, 0.717) is 5.69 Å². The molecule has 0 aliphatic heterocycles. The van der Waals surface area contributed by atoms with Crippen LogP contribution in [0.1, 0.15) is 69.8 Å². The smallest absolute Gasteiger partial charge is 0.382 e. The van der Waals surface area contributed by atoms with Crippen molar-refractivity contribution < 1.29 is 13.2 Å². The number of halogens is 3. The molecule has 2 atom stereocenters. The van der Waals surface area contributed by atoms with Gasteiger partial charge in [0, 0.05) is 11.7 Å². The highest BCUT2D eigenvalue weighted by molar-refractivity contribution is 6.11. The van der Waals surface area contributed by atoms with E-state index < -0.39 is 11.7 Å². The molecule has 0 amide bonds. The average molecular weight is 337 g/mol. The van der Waals surface area contributed by atoms with E-state index >= 15 is 0 Å². The van der Waals surface area contributed by atoms with Gasteiger partial charge in [-0.1, -0.05) is 63.3 Å². The molecule has 1 N–H and O–H groups in total. The lowest BCUT2D eigenvalue weighted by Crippen LogP contribution is -2.20. The molecule has 1 aromatic rings. The van der Waals surface area contributed by atoms with Gasteiger partial charge in [0.1, 0.15) is 0 Å². The first kappa shape index (κ1) is 19.2. The van der Waals surface area contributed by atoms with Crippen LogP contribution in [0, 0.1) is 0 Å². The monoisotopic (exact) mass is 337 g/mol. The average Bonchev–Trinajstić information content (AvgIpc) is 2.51. The highest BCUT2D eigenvalue weighted by Crippen LogP contribution is 2.31. The first-order valence-corrected chi connectivity index (χ1v) is 9.14. The Balaban J connectivity index is 1.96. The molecule has 0 saturated heterocycles. The molecule has 1 nitrogen and oxygen atoms in total. The van der Waals surface area contributed by atoms with Crippen LogP contribution >= 0.6 is 0 Å². The summed E-state index contributed by atoms with van der Waals surface area (Å²) in [5, 5.41) is 3.32. The lowest BCUT2D eigenvalue weighted by molar-refractivity contribution is -0.137. The first-order valence-electron chi connectivity index (χ1n) is 9.14. The van der Waals surface area contributed by atoms with Crippen LogP contribution in [0.5, 0.6) is 0 Å². The van der Waals surface area contributed by atoms with Gasteiger partial charge >= 0.3 is 6.18 Å². The van der Waals surface area contributed by atoms with Gasteiger partial charge in [-0.05, 0) is 31.0 Å². The van der Waals surface area contributed by atoms with Gasteiger partial charge in [-0.3, -0.25) is 0 Å². The maximum Gasteiger partial charge on any atom is 0.416 e. The minimum Gasteiger partial charge on any atom is -0.382 e. The molecule has 0 heterocycles. The number of alkyl halides is 3. The van der Waals surface area contributed by atoms with Gasteiger partial charge in [-0.15, -0.1) is 0 Å². The maximum atomic E-state index is 12.8. The molecular weight excluding hydrogens is 310 g/mol. The van der Waals surface area contributed by atoms with Crippen molar-refractivity contribution in [1.29, 1.82) is 0 Å². The van der Waals surface area contributed by atoms with Crippen molar-refractivity contribution in [2.45, 2.75) is 82.2 Å². The summed E-state index contributed by atoms with van der Waals surface area (Å²) in [6, 6.07) is 5.74. The SMILES string of the molecule is [B]C1CCCCCCCC(Nc2cccc(C(F)(F)F)c2)CCC1. The summed E-state index contributed by atoms with van der Waals surface area (Å²) in [6.07, 6.45) is 6.78. The lowest BCUT2D eigenvalue weighted by atomic mass is 9.78. The van der Waals surface area contributed by atoms with E-state index in [2.05, 4.69) is 5.32 Å². The molecule has 24 heavy (non-hydrogen) atoms. The van der Waals surface area contributed by atoms with E-state index in [1.807, 2.05) is 0 Å². The zero-order chi connectivity index (χ0) is 17.4. The molecule has 0 aromatic heterocycles. The van der Waals surface area contributed by atoms with Crippen LogP contribution in [0.25, 0.3) is 0 Å². The predicted octanol–water partition coefficient (Wildman–Crippen LogP) is 6.36. The summed E-state index contributed by atoms with van der Waals surface area (Å²) in [4.78, 5) is 0. The van der Waals surface area contributed by atoms with Crippen LogP contribution in [-0.4, -0.2) is 13.9 Å². The zero-order valence-electron chi connectivity index (χ0n) is 14.2. The van der Waals surface area contributed by atoms with Gasteiger partial charge in [0.2, 0.25) is 0 Å². The number of nitrogens with one attached hydrogen (secondary N) is 1. The van der Waals surface area contributed by atoms with Gasteiger partial charge in [0.15, 0.2) is 0 Å². The molecule has 2 rings (SSSR count). The Bertz CT molecular complexity index is 490. The largest absolute Gasteiger partial charge is 0.416 e. The zero-order valence-corrected chi connectivity index (χ0v) is 14.2. The van der Waals surface area contributed by atoms with Crippen LogP contribution in [0.15, 0.2) is 24.3 Å². The quantitative estimate of drug-likeness (QED) is 0.619. The minimum absolute atomic E-state index is 0.222. The number of benzene rings is 1. The summed E-state index contributed by atoms with van der Waals surface area (Å²) in [5.74, 6) is 0.263. The Hall–Kier alpha value is -1.13. The number of rotatable bonds is 2. The molecule has 2 unspecified atom stereocenters. The third-order valence-corrected chi connectivity index (χ3v) is 4.82. The number of hydrogen-bond acceptors (Lipinski definition) is 1. The molecule has 1 aliphatic carbocycles. The van der Waals surface area contributed by atoms with Crippen molar-refractivity contribution in [3.8, 4) is 0 Å². The maximum absolute atomic E-state index is 12.8. The van der Waals surface area contributed by atoms with E-state index in [4.69, 9.17) is 7.85 Å². The molecule has 1 saturated carbocycles. The molecule has 132 valence electrons. The van der Waals surface area contributed by atoms with E-state index in [0.717, 1.165) is 44.6 Å². The Morgan fingerprint density at radius 3 is 2.25 bits per heavy atom. The van der Waals surface area contributed by atoms with E-state index in [9.17, 15) is 13.2 Å². The van der Waals surface area contributed by atoms with Gasteiger partial charge in [0.05, 0.1) is 13.4 Å². The van der Waals surface area contributed by atoms with E-state index in [-0.39, 0.29) is 11.9 Å². The van der Waals surface area contributed by atoms with Gasteiger partial charge in [-0.2, -0.15) is 13.2 Å². The summed E-state index contributed by atoms with van der Waals surface area (Å²) < 4.78 is 38.5. The molecule has 2 radical (unpaired) electrons. The van der Waals surface area contributed by atoms with Gasteiger partial charge < -0.3 is 5.32 Å². The summed E-state index contributed by atoms with van der Waals surface area (Å²) in [5.41, 5.74) is -0.0334. The van der Waals surface area contributed by atoms with Crippen molar-refractivity contribution in [2.24, 2.45) is 0 Å². The minimum atomic E-state index is -4.29. The Morgan fingerprint density at radius 2 is 1.50 bits per heavy atom. The number of anilines is 1. The Labute approximate surface area is 144 Å². The van der Waals surface area contributed by atoms with Crippen LogP contribution in [0.4, 0.5) is 18.9 Å². The van der Waals surface area contributed by atoms with Crippen molar-refractivity contribution in [1.82, 2.24) is 0 Å². The fourth-order valence-electron chi connectivity index (χ4n) is 3.41. The molecule has 1 aromatic carbocycles. The molecular formula is C19H27BF3N. The topological polar surface area (TPSA) is 12.0 Å². The van der Waals surface area contributed by atoms with Gasteiger partial charge in [0.25, 0.3) is 0 Å². The van der Waals surface area contributed by atoms with Crippen molar-refractivity contribution in [3.63, 3.8) is 0 Å². The molecule has 0 spiro atoms. The molecule has 0 bridgehead atoms. The molecule has 5 heteroatoms. The Kier molecular flexibility index (Phi) is 7.51. The fourth-order valence-corrected chi connectivity index (χ4v) is 3.41. The van der Waals surface area contributed by atoms with Crippen LogP contribution in [0.3, 0.4) is 0 Å². The second kappa shape index (κ2) is 9.38. The van der Waals surface area contributed by atoms with E-state index in [1.54, 1.807) is 6.07 Å². The van der Waals surface area contributed by atoms with Crippen LogP contribution in [-0.2, 0) is 6.18 Å². The summed E-state index contributed by atoms with van der Waals surface area (Å²) >= 11 is 0. The second-order valence-electron chi connectivity index (χ2n) is 6.96. The normalized spacial score (nSPS) is 24.6.